The second kappa shape index (κ2) is 6.74. The number of hydrogen-bond donors (Lipinski definition) is 0. The van der Waals surface area contributed by atoms with Crippen LogP contribution in [-0.2, 0) is 16.0 Å². The summed E-state index contributed by atoms with van der Waals surface area (Å²) in [6, 6.07) is 5.36. The first-order chi connectivity index (χ1) is 9.08. The minimum absolute atomic E-state index is 0.262. The highest BCUT2D eigenvalue weighted by Gasteiger charge is 2.30. The van der Waals surface area contributed by atoms with E-state index in [1.54, 1.807) is 12.1 Å². The van der Waals surface area contributed by atoms with E-state index in [9.17, 15) is 4.79 Å². The highest BCUT2D eigenvalue weighted by Crippen LogP contribution is 2.33. The molecule has 2 rings (SSSR count). The number of ether oxygens (including phenoxy) is 1. The first-order valence-electron chi connectivity index (χ1n) is 6.65. The summed E-state index contributed by atoms with van der Waals surface area (Å²) in [6.07, 6.45) is 3.48. The first-order valence-corrected chi connectivity index (χ1v) is 7.41. The number of hydrogen-bond acceptors (Lipinski definition) is 2. The van der Waals surface area contributed by atoms with Crippen LogP contribution < -0.4 is 0 Å². The van der Waals surface area contributed by atoms with E-state index in [1.807, 2.05) is 13.0 Å². The summed E-state index contributed by atoms with van der Waals surface area (Å²) in [4.78, 5) is 12.0. The molecule has 0 amide bonds. The van der Waals surface area contributed by atoms with Gasteiger partial charge in [-0.25, -0.2) is 0 Å². The molecule has 0 saturated heterocycles. The van der Waals surface area contributed by atoms with Crippen molar-refractivity contribution in [2.75, 3.05) is 6.61 Å². The zero-order chi connectivity index (χ0) is 13.8. The van der Waals surface area contributed by atoms with Gasteiger partial charge < -0.3 is 4.74 Å². The Balaban J connectivity index is 1.77. The molecule has 1 fully saturated rings. The molecular weight excluding hydrogens is 283 g/mol. The monoisotopic (exact) mass is 300 g/mol. The van der Waals surface area contributed by atoms with E-state index in [4.69, 9.17) is 27.9 Å². The van der Waals surface area contributed by atoms with Gasteiger partial charge in [0.05, 0.1) is 16.1 Å². The average Bonchev–Trinajstić information content (AvgIpc) is 2.31. The van der Waals surface area contributed by atoms with Crippen LogP contribution in [0.5, 0.6) is 0 Å². The van der Waals surface area contributed by atoms with Crippen molar-refractivity contribution >= 4 is 29.0 Å². The molecular formula is C15H18Cl2O2. The summed E-state index contributed by atoms with van der Waals surface area (Å²) in [7, 11) is 0. The molecule has 2 nitrogen and oxygen atoms in total. The van der Waals surface area contributed by atoms with Crippen molar-refractivity contribution in [3.8, 4) is 0 Å². The Morgan fingerprint density at radius 3 is 2.68 bits per heavy atom. The second-order valence-corrected chi connectivity index (χ2v) is 5.90. The van der Waals surface area contributed by atoms with Crippen LogP contribution >= 0.6 is 23.2 Å². The quantitative estimate of drug-likeness (QED) is 0.782. The predicted octanol–water partition coefficient (Wildman–Crippen LogP) is 4.31. The molecule has 0 unspecified atom stereocenters. The van der Waals surface area contributed by atoms with Crippen LogP contribution in [0.3, 0.4) is 0 Å². The smallest absolute Gasteiger partial charge is 0.137 e. The Morgan fingerprint density at radius 2 is 2.05 bits per heavy atom. The van der Waals surface area contributed by atoms with Gasteiger partial charge in [0, 0.05) is 19.4 Å². The standard InChI is InChI=1S/C15H18Cl2O2/c1-2-19-13-7-11(8-13)6-12(18)5-10-3-4-14(16)15(17)9-10/h3-4,9,11,13H,2,5-8H2,1H3. The summed E-state index contributed by atoms with van der Waals surface area (Å²) < 4.78 is 5.49. The summed E-state index contributed by atoms with van der Waals surface area (Å²) in [5, 5.41) is 1.03. The molecule has 0 atom stereocenters. The van der Waals surface area contributed by atoms with Crippen molar-refractivity contribution in [1.29, 1.82) is 0 Å². The molecule has 0 bridgehead atoms. The van der Waals surface area contributed by atoms with Crippen molar-refractivity contribution in [3.63, 3.8) is 0 Å². The van der Waals surface area contributed by atoms with Crippen LogP contribution in [0.2, 0.25) is 10.0 Å². The van der Waals surface area contributed by atoms with Gasteiger partial charge in [0.1, 0.15) is 5.78 Å². The van der Waals surface area contributed by atoms with Gasteiger partial charge in [0.25, 0.3) is 0 Å². The van der Waals surface area contributed by atoms with E-state index in [-0.39, 0.29) is 5.78 Å². The zero-order valence-electron chi connectivity index (χ0n) is 11.0. The van der Waals surface area contributed by atoms with E-state index < -0.39 is 0 Å². The Bertz CT molecular complexity index is 453. The third-order valence-electron chi connectivity index (χ3n) is 3.50. The fraction of sp³-hybridized carbons (Fsp3) is 0.533. The molecule has 1 aromatic carbocycles. The van der Waals surface area contributed by atoms with Gasteiger partial charge in [0.2, 0.25) is 0 Å². The second-order valence-electron chi connectivity index (χ2n) is 5.08. The highest BCUT2D eigenvalue weighted by molar-refractivity contribution is 6.42. The Kier molecular flexibility index (Phi) is 5.26. The summed E-state index contributed by atoms with van der Waals surface area (Å²) in [5.74, 6) is 0.755. The van der Waals surface area contributed by atoms with E-state index in [1.165, 1.54) is 0 Å². The van der Waals surface area contributed by atoms with Gasteiger partial charge in [-0.3, -0.25) is 4.79 Å². The normalized spacial score (nSPS) is 22.1. The molecule has 1 saturated carbocycles. The van der Waals surface area contributed by atoms with Crippen LogP contribution in [0, 0.1) is 5.92 Å². The minimum atomic E-state index is 0.262. The summed E-state index contributed by atoms with van der Waals surface area (Å²) in [5.41, 5.74) is 0.931. The molecule has 1 aliphatic carbocycles. The first kappa shape index (κ1) is 14.8. The van der Waals surface area contributed by atoms with Gasteiger partial charge in [-0.15, -0.1) is 0 Å². The number of carbonyl (C=O) groups excluding carboxylic acids is 1. The molecule has 0 spiro atoms. The SMILES string of the molecule is CCOC1CC(CC(=O)Cc2ccc(Cl)c(Cl)c2)C1. The number of halogens is 2. The fourth-order valence-corrected chi connectivity index (χ4v) is 2.81. The molecule has 104 valence electrons. The lowest BCUT2D eigenvalue weighted by Gasteiger charge is -2.34. The molecule has 0 aromatic heterocycles. The summed E-state index contributed by atoms with van der Waals surface area (Å²) in [6.45, 7) is 2.76. The maximum Gasteiger partial charge on any atom is 0.137 e. The maximum atomic E-state index is 12.0. The third-order valence-corrected chi connectivity index (χ3v) is 4.24. The van der Waals surface area contributed by atoms with Crippen molar-refractivity contribution < 1.29 is 9.53 Å². The molecule has 1 aromatic rings. The van der Waals surface area contributed by atoms with E-state index in [2.05, 4.69) is 0 Å². The van der Waals surface area contributed by atoms with Crippen LogP contribution in [0.25, 0.3) is 0 Å². The van der Waals surface area contributed by atoms with Crippen molar-refractivity contribution in [1.82, 2.24) is 0 Å². The number of carbonyl (C=O) groups is 1. The predicted molar refractivity (Wildman–Crippen MR) is 77.9 cm³/mol. The van der Waals surface area contributed by atoms with Crippen LogP contribution in [0.4, 0.5) is 0 Å². The maximum absolute atomic E-state index is 12.0. The number of rotatable bonds is 6. The Morgan fingerprint density at radius 1 is 1.32 bits per heavy atom. The third kappa shape index (κ3) is 4.20. The van der Waals surface area contributed by atoms with Crippen molar-refractivity contribution in [3.05, 3.63) is 33.8 Å². The van der Waals surface area contributed by atoms with Crippen LogP contribution in [-0.4, -0.2) is 18.5 Å². The average molecular weight is 301 g/mol. The lowest BCUT2D eigenvalue weighted by atomic mass is 9.78. The topological polar surface area (TPSA) is 26.3 Å². The van der Waals surface area contributed by atoms with E-state index in [0.29, 0.717) is 34.9 Å². The van der Waals surface area contributed by atoms with Gasteiger partial charge in [-0.05, 0) is 43.4 Å². The lowest BCUT2D eigenvalue weighted by Crippen LogP contribution is -2.33. The van der Waals surface area contributed by atoms with Crippen molar-refractivity contribution in [2.45, 2.75) is 38.7 Å². The highest BCUT2D eigenvalue weighted by atomic mass is 35.5. The molecule has 19 heavy (non-hydrogen) atoms. The number of ketones is 1. The van der Waals surface area contributed by atoms with Gasteiger partial charge >= 0.3 is 0 Å². The molecule has 4 heteroatoms. The minimum Gasteiger partial charge on any atom is -0.378 e. The van der Waals surface area contributed by atoms with Crippen LogP contribution in [0.1, 0.15) is 31.7 Å². The number of benzene rings is 1. The van der Waals surface area contributed by atoms with Gasteiger partial charge in [-0.2, -0.15) is 0 Å². The lowest BCUT2D eigenvalue weighted by molar-refractivity contribution is -0.121. The molecule has 0 radical (unpaired) electrons. The molecule has 1 aliphatic rings. The summed E-state index contributed by atoms with van der Waals surface area (Å²) >= 11 is 11.8. The van der Waals surface area contributed by atoms with E-state index >= 15 is 0 Å². The Labute approximate surface area is 124 Å². The Hall–Kier alpha value is -0.570. The molecule has 0 aliphatic heterocycles. The van der Waals surface area contributed by atoms with Gasteiger partial charge in [-0.1, -0.05) is 29.3 Å². The van der Waals surface area contributed by atoms with Crippen LogP contribution in [0.15, 0.2) is 18.2 Å². The molecule has 0 N–H and O–H groups in total. The molecule has 0 heterocycles. The van der Waals surface area contributed by atoms with Gasteiger partial charge in [0.15, 0.2) is 0 Å². The fourth-order valence-electron chi connectivity index (χ4n) is 2.48. The van der Waals surface area contributed by atoms with E-state index in [0.717, 1.165) is 25.0 Å². The largest absolute Gasteiger partial charge is 0.378 e. The van der Waals surface area contributed by atoms with Crippen molar-refractivity contribution in [2.24, 2.45) is 5.92 Å². The number of Topliss-reactive ketones (excluding diaryl/α,β-unsaturated/α-hetero) is 1. The zero-order valence-corrected chi connectivity index (χ0v) is 12.5.